The van der Waals surface area contributed by atoms with Crippen molar-refractivity contribution in [2.75, 3.05) is 17.2 Å². The first-order valence-corrected chi connectivity index (χ1v) is 7.26. The molecule has 5 heteroatoms. The van der Waals surface area contributed by atoms with Crippen LogP contribution in [0, 0.1) is 6.92 Å². The van der Waals surface area contributed by atoms with Crippen LogP contribution in [0.15, 0.2) is 5.38 Å². The van der Waals surface area contributed by atoms with Crippen molar-refractivity contribution in [2.24, 2.45) is 0 Å². The van der Waals surface area contributed by atoms with E-state index in [1.807, 2.05) is 0 Å². The summed E-state index contributed by atoms with van der Waals surface area (Å²) in [5.74, 6) is 1.65. The molecule has 0 spiro atoms. The van der Waals surface area contributed by atoms with Gasteiger partial charge in [-0.1, -0.05) is 6.92 Å². The maximum atomic E-state index is 4.58. The van der Waals surface area contributed by atoms with Crippen LogP contribution in [0.5, 0.6) is 0 Å². The molecule has 0 amide bonds. The van der Waals surface area contributed by atoms with Crippen molar-refractivity contribution in [1.29, 1.82) is 0 Å². The van der Waals surface area contributed by atoms with Gasteiger partial charge in [-0.2, -0.15) is 4.98 Å². The topological polar surface area (TPSA) is 49.8 Å². The fraction of sp³-hybridized carbons (Fsp3) is 0.538. The summed E-state index contributed by atoms with van der Waals surface area (Å²) >= 11 is 1.72. The maximum absolute atomic E-state index is 4.58. The molecular weight excluding hydrogens is 244 g/mol. The Bertz CT molecular complexity index is 533. The summed E-state index contributed by atoms with van der Waals surface area (Å²) in [4.78, 5) is 10.4. The Balaban J connectivity index is 2.44. The Kier molecular flexibility index (Phi) is 4.01. The van der Waals surface area contributed by atoms with E-state index in [0.717, 1.165) is 29.7 Å². The number of aromatic nitrogens is 2. The molecule has 2 N–H and O–H groups in total. The van der Waals surface area contributed by atoms with Gasteiger partial charge in [-0.25, -0.2) is 4.98 Å². The molecule has 2 aromatic heterocycles. The lowest BCUT2D eigenvalue weighted by Crippen LogP contribution is -2.13. The molecule has 2 aromatic rings. The summed E-state index contributed by atoms with van der Waals surface area (Å²) in [6.07, 6.45) is 1.07. The number of hydrogen-bond acceptors (Lipinski definition) is 5. The van der Waals surface area contributed by atoms with Gasteiger partial charge in [0.05, 0.1) is 10.9 Å². The molecule has 98 valence electrons. The molecule has 0 bridgehead atoms. The summed E-state index contributed by atoms with van der Waals surface area (Å²) in [5.41, 5.74) is 1.02. The second-order valence-electron chi connectivity index (χ2n) is 4.67. The summed E-state index contributed by atoms with van der Waals surface area (Å²) < 4.78 is 0. The van der Waals surface area contributed by atoms with Crippen LogP contribution < -0.4 is 10.6 Å². The zero-order valence-corrected chi connectivity index (χ0v) is 12.2. The van der Waals surface area contributed by atoms with Crippen LogP contribution in [-0.4, -0.2) is 22.6 Å². The molecule has 18 heavy (non-hydrogen) atoms. The summed E-state index contributed by atoms with van der Waals surface area (Å²) in [6, 6.07) is 0.362. The number of fused-ring (bicyclic) bond motifs is 1. The first-order valence-electron chi connectivity index (χ1n) is 6.38. The first-order chi connectivity index (χ1) is 8.61. The van der Waals surface area contributed by atoms with Gasteiger partial charge in [-0.3, -0.25) is 0 Å². The third kappa shape index (κ3) is 2.72. The van der Waals surface area contributed by atoms with Crippen molar-refractivity contribution < 1.29 is 0 Å². The molecule has 2 rings (SSSR count). The van der Waals surface area contributed by atoms with Gasteiger partial charge in [0, 0.05) is 22.8 Å². The van der Waals surface area contributed by atoms with Gasteiger partial charge in [0.2, 0.25) is 5.95 Å². The standard InChI is InChI=1S/C13H20N4S/c1-5-6-14-13-16-10-7-18-9(4)11(10)12(17-13)15-8(2)3/h7-8H,5-6H2,1-4H3,(H2,14,15,16,17). The number of nitrogens with zero attached hydrogens (tertiary/aromatic N) is 2. The van der Waals surface area contributed by atoms with Crippen LogP contribution in [0.25, 0.3) is 10.9 Å². The number of thiophene rings is 1. The smallest absolute Gasteiger partial charge is 0.225 e. The van der Waals surface area contributed by atoms with E-state index in [1.54, 1.807) is 11.3 Å². The van der Waals surface area contributed by atoms with E-state index in [9.17, 15) is 0 Å². The van der Waals surface area contributed by atoms with Crippen molar-refractivity contribution in [3.63, 3.8) is 0 Å². The van der Waals surface area contributed by atoms with Gasteiger partial charge in [-0.05, 0) is 27.2 Å². The van der Waals surface area contributed by atoms with Crippen molar-refractivity contribution in [1.82, 2.24) is 9.97 Å². The van der Waals surface area contributed by atoms with Gasteiger partial charge >= 0.3 is 0 Å². The zero-order valence-electron chi connectivity index (χ0n) is 11.4. The molecule has 0 fully saturated rings. The van der Waals surface area contributed by atoms with Crippen LogP contribution in [-0.2, 0) is 0 Å². The highest BCUT2D eigenvalue weighted by atomic mass is 32.1. The molecule has 0 aromatic carbocycles. The Morgan fingerprint density at radius 3 is 2.78 bits per heavy atom. The summed E-state index contributed by atoms with van der Waals surface area (Å²) in [5, 5.41) is 9.90. The van der Waals surface area contributed by atoms with Crippen LogP contribution >= 0.6 is 11.3 Å². The van der Waals surface area contributed by atoms with Crippen molar-refractivity contribution in [3.05, 3.63) is 10.3 Å². The third-order valence-electron chi connectivity index (χ3n) is 2.59. The van der Waals surface area contributed by atoms with E-state index in [4.69, 9.17) is 0 Å². The Morgan fingerprint density at radius 2 is 2.11 bits per heavy atom. The Morgan fingerprint density at radius 1 is 1.33 bits per heavy atom. The van der Waals surface area contributed by atoms with Crippen molar-refractivity contribution >= 4 is 34.0 Å². The van der Waals surface area contributed by atoms with Gasteiger partial charge in [0.1, 0.15) is 5.82 Å². The van der Waals surface area contributed by atoms with E-state index in [0.29, 0.717) is 12.0 Å². The highest BCUT2D eigenvalue weighted by Gasteiger charge is 2.12. The number of rotatable bonds is 5. The van der Waals surface area contributed by atoms with Crippen LogP contribution in [0.1, 0.15) is 32.1 Å². The molecule has 0 aliphatic rings. The van der Waals surface area contributed by atoms with E-state index >= 15 is 0 Å². The maximum Gasteiger partial charge on any atom is 0.225 e. The first kappa shape index (κ1) is 13.1. The number of aryl methyl sites for hydroxylation is 1. The SMILES string of the molecule is CCCNc1nc(NC(C)C)c2c(C)scc2n1. The van der Waals surface area contributed by atoms with E-state index < -0.39 is 0 Å². The van der Waals surface area contributed by atoms with Crippen LogP contribution in [0.3, 0.4) is 0 Å². The monoisotopic (exact) mass is 264 g/mol. The highest BCUT2D eigenvalue weighted by molar-refractivity contribution is 7.11. The average molecular weight is 264 g/mol. The molecule has 0 atom stereocenters. The number of hydrogen-bond donors (Lipinski definition) is 2. The van der Waals surface area contributed by atoms with Gasteiger partial charge in [0.25, 0.3) is 0 Å². The minimum absolute atomic E-state index is 0.362. The second-order valence-corrected chi connectivity index (χ2v) is 5.76. The molecule has 0 aliphatic heterocycles. The number of anilines is 2. The average Bonchev–Trinajstić information content (AvgIpc) is 2.68. The van der Waals surface area contributed by atoms with E-state index in [2.05, 4.69) is 53.7 Å². The van der Waals surface area contributed by atoms with E-state index in [1.165, 1.54) is 4.88 Å². The largest absolute Gasteiger partial charge is 0.367 e. The quantitative estimate of drug-likeness (QED) is 0.865. The lowest BCUT2D eigenvalue weighted by Gasteiger charge is -2.12. The van der Waals surface area contributed by atoms with Gasteiger partial charge < -0.3 is 10.6 Å². The van der Waals surface area contributed by atoms with E-state index in [-0.39, 0.29) is 0 Å². The summed E-state index contributed by atoms with van der Waals surface area (Å²) in [6.45, 7) is 9.38. The predicted molar refractivity (Wildman–Crippen MR) is 79.7 cm³/mol. The Labute approximate surface area is 112 Å². The van der Waals surface area contributed by atoms with Crippen molar-refractivity contribution in [3.8, 4) is 0 Å². The van der Waals surface area contributed by atoms with Gasteiger partial charge in [-0.15, -0.1) is 11.3 Å². The molecule has 2 heterocycles. The molecule has 0 saturated heterocycles. The fourth-order valence-corrected chi connectivity index (χ4v) is 2.59. The lowest BCUT2D eigenvalue weighted by atomic mass is 10.2. The van der Waals surface area contributed by atoms with Crippen molar-refractivity contribution in [2.45, 2.75) is 40.2 Å². The van der Waals surface area contributed by atoms with Crippen LogP contribution in [0.4, 0.5) is 11.8 Å². The minimum atomic E-state index is 0.362. The molecule has 4 nitrogen and oxygen atoms in total. The summed E-state index contributed by atoms with van der Waals surface area (Å²) in [7, 11) is 0. The highest BCUT2D eigenvalue weighted by Crippen LogP contribution is 2.30. The molecule has 0 radical (unpaired) electrons. The second kappa shape index (κ2) is 5.52. The zero-order chi connectivity index (χ0) is 13.1. The molecule has 0 saturated carbocycles. The fourth-order valence-electron chi connectivity index (χ4n) is 1.81. The minimum Gasteiger partial charge on any atom is -0.367 e. The third-order valence-corrected chi connectivity index (χ3v) is 3.49. The van der Waals surface area contributed by atoms with Crippen LogP contribution in [0.2, 0.25) is 0 Å². The normalized spacial score (nSPS) is 11.2. The number of nitrogens with one attached hydrogen (secondary N) is 2. The Hall–Kier alpha value is -1.36. The predicted octanol–water partition coefficient (Wildman–Crippen LogP) is 3.64. The molecule has 0 aliphatic carbocycles. The lowest BCUT2D eigenvalue weighted by molar-refractivity contribution is 0.888. The van der Waals surface area contributed by atoms with Gasteiger partial charge in [0.15, 0.2) is 0 Å². The molecule has 0 unspecified atom stereocenters. The molecular formula is C13H20N4S.